The fraction of sp³-hybridized carbons (Fsp3) is 0.346. The Balaban J connectivity index is 1.36. The Kier molecular flexibility index (Phi) is 5.05. The second-order valence-corrected chi connectivity index (χ2v) is 9.99. The third kappa shape index (κ3) is 3.63. The fourth-order valence-electron chi connectivity index (χ4n) is 6.29. The summed E-state index contributed by atoms with van der Waals surface area (Å²) < 4.78 is 40.3. The Labute approximate surface area is 208 Å². The first-order chi connectivity index (χ1) is 17.6. The summed E-state index contributed by atoms with van der Waals surface area (Å²) in [4.78, 5) is 52.7. The van der Waals surface area contributed by atoms with Crippen LogP contribution in [0, 0.1) is 45.6 Å². The summed E-state index contributed by atoms with van der Waals surface area (Å²) in [7, 11) is 0. The average molecular weight is 511 g/mol. The number of benzene rings is 2. The van der Waals surface area contributed by atoms with Crippen LogP contribution in [0.15, 0.2) is 60.7 Å². The van der Waals surface area contributed by atoms with Gasteiger partial charge in [-0.15, -0.1) is 0 Å². The average Bonchev–Trinajstić information content (AvgIpc) is 3.66. The van der Waals surface area contributed by atoms with Gasteiger partial charge in [-0.3, -0.25) is 34.3 Å². The maximum atomic E-state index is 13.5. The summed E-state index contributed by atoms with van der Waals surface area (Å²) in [6.45, 7) is -0.559. The van der Waals surface area contributed by atoms with Crippen molar-refractivity contribution < 1.29 is 32.5 Å². The molecule has 2 saturated carbocycles. The molecular weight excluding hydrogens is 491 g/mol. The van der Waals surface area contributed by atoms with Crippen molar-refractivity contribution in [2.75, 3.05) is 11.6 Å². The van der Waals surface area contributed by atoms with Gasteiger partial charge in [0.1, 0.15) is 6.67 Å². The van der Waals surface area contributed by atoms with Gasteiger partial charge in [0.2, 0.25) is 11.8 Å². The maximum Gasteiger partial charge on any atom is 0.416 e. The van der Waals surface area contributed by atoms with Gasteiger partial charge in [0.15, 0.2) is 0 Å². The van der Waals surface area contributed by atoms with Crippen LogP contribution in [0.25, 0.3) is 0 Å². The molecule has 3 amide bonds. The SMILES string of the molecule is O=C1C2C3C=CC(C4CC34)C2C(=O)N1CN(C(=O)c1ccc([N+](=O)[O-])cc1)c1cccc(C(F)(F)F)c1. The van der Waals surface area contributed by atoms with Gasteiger partial charge in [-0.2, -0.15) is 13.2 Å². The number of imide groups is 1. The van der Waals surface area contributed by atoms with Gasteiger partial charge >= 0.3 is 6.18 Å². The number of likely N-dealkylation sites (tertiary alicyclic amines) is 1. The third-order valence-corrected chi connectivity index (χ3v) is 8.09. The predicted octanol–water partition coefficient (Wildman–Crippen LogP) is 4.27. The highest BCUT2D eigenvalue weighted by Gasteiger charge is 2.67. The number of carbonyl (C=O) groups excluding carboxylic acids is 3. The summed E-state index contributed by atoms with van der Waals surface area (Å²) >= 11 is 0. The van der Waals surface area contributed by atoms with Gasteiger partial charge in [0.05, 0.1) is 22.3 Å². The van der Waals surface area contributed by atoms with Crippen molar-refractivity contribution in [3.05, 3.63) is 81.9 Å². The Bertz CT molecular complexity index is 1340. The largest absolute Gasteiger partial charge is 0.416 e. The molecule has 11 heteroatoms. The van der Waals surface area contributed by atoms with Gasteiger partial charge in [-0.05, 0) is 60.4 Å². The van der Waals surface area contributed by atoms with Gasteiger partial charge in [0, 0.05) is 23.4 Å². The molecule has 1 saturated heterocycles. The van der Waals surface area contributed by atoms with Crippen LogP contribution in [0.1, 0.15) is 22.3 Å². The number of amides is 3. The smallest absolute Gasteiger partial charge is 0.290 e. The zero-order chi connectivity index (χ0) is 26.2. The molecule has 2 aromatic carbocycles. The van der Waals surface area contributed by atoms with E-state index < -0.39 is 52.9 Å². The molecule has 5 aliphatic rings. The number of halogens is 3. The standard InChI is InChI=1S/C26H20F3N3O5/c27-26(28,29)14-2-1-3-16(10-14)30(23(33)13-4-6-15(7-5-13)32(36)37)12-31-24(34)21-17-8-9-18(20-11-19(17)20)22(21)25(31)35/h1-10,17-22H,11-12H2. The van der Waals surface area contributed by atoms with Crippen LogP contribution in [0.5, 0.6) is 0 Å². The van der Waals surface area contributed by atoms with Crippen molar-refractivity contribution in [2.45, 2.75) is 12.6 Å². The summed E-state index contributed by atoms with van der Waals surface area (Å²) in [5, 5.41) is 11.0. The van der Waals surface area contributed by atoms with Crippen molar-refractivity contribution in [1.29, 1.82) is 0 Å². The minimum absolute atomic E-state index is 0.0393. The van der Waals surface area contributed by atoms with Crippen molar-refractivity contribution in [3.8, 4) is 0 Å². The van der Waals surface area contributed by atoms with Crippen LogP contribution in [-0.2, 0) is 15.8 Å². The van der Waals surface area contributed by atoms with Crippen LogP contribution in [0.4, 0.5) is 24.5 Å². The van der Waals surface area contributed by atoms with Crippen LogP contribution in [0.2, 0.25) is 0 Å². The normalized spacial score (nSPS) is 29.2. The molecule has 0 N–H and O–H groups in total. The summed E-state index contributed by atoms with van der Waals surface area (Å²) in [5.41, 5.74) is -1.46. The van der Waals surface area contributed by atoms with E-state index in [-0.39, 0.29) is 28.8 Å². The number of alkyl halides is 3. The number of rotatable bonds is 5. The van der Waals surface area contributed by atoms with Crippen LogP contribution in [-0.4, -0.2) is 34.2 Å². The molecule has 190 valence electrons. The highest BCUT2D eigenvalue weighted by atomic mass is 19.4. The highest BCUT2D eigenvalue weighted by Crippen LogP contribution is 2.65. The quantitative estimate of drug-likeness (QED) is 0.258. The van der Waals surface area contributed by atoms with E-state index in [1.807, 2.05) is 12.2 Å². The van der Waals surface area contributed by atoms with Crippen LogP contribution >= 0.6 is 0 Å². The number of anilines is 1. The van der Waals surface area contributed by atoms with Crippen molar-refractivity contribution in [3.63, 3.8) is 0 Å². The first-order valence-corrected chi connectivity index (χ1v) is 11.8. The molecule has 0 aromatic heterocycles. The summed E-state index contributed by atoms with van der Waals surface area (Å²) in [6, 6.07) is 8.65. The lowest BCUT2D eigenvalue weighted by Crippen LogP contribution is -2.45. The minimum atomic E-state index is -4.68. The molecular formula is C26H20F3N3O5. The number of nitro groups is 1. The van der Waals surface area contributed by atoms with E-state index in [2.05, 4.69) is 0 Å². The molecule has 3 fully saturated rings. The van der Waals surface area contributed by atoms with Crippen molar-refractivity contribution in [2.24, 2.45) is 35.5 Å². The highest BCUT2D eigenvalue weighted by molar-refractivity contribution is 6.10. The zero-order valence-electron chi connectivity index (χ0n) is 19.2. The summed E-state index contributed by atoms with van der Waals surface area (Å²) in [6.07, 6.45) is 0.297. The predicted molar refractivity (Wildman–Crippen MR) is 123 cm³/mol. The molecule has 37 heavy (non-hydrogen) atoms. The Hall–Kier alpha value is -4.02. The van der Waals surface area contributed by atoms with Crippen molar-refractivity contribution in [1.82, 2.24) is 4.90 Å². The number of carbonyl (C=O) groups is 3. The van der Waals surface area contributed by atoms with Crippen molar-refractivity contribution >= 4 is 29.1 Å². The molecule has 4 aliphatic carbocycles. The van der Waals surface area contributed by atoms with Crippen LogP contribution in [0.3, 0.4) is 0 Å². The fourth-order valence-corrected chi connectivity index (χ4v) is 6.29. The first kappa shape index (κ1) is 23.4. The molecule has 1 aliphatic heterocycles. The maximum absolute atomic E-state index is 13.5. The molecule has 8 nitrogen and oxygen atoms in total. The van der Waals surface area contributed by atoms with E-state index >= 15 is 0 Å². The van der Waals surface area contributed by atoms with E-state index in [0.29, 0.717) is 11.8 Å². The van der Waals surface area contributed by atoms with Gasteiger partial charge < -0.3 is 0 Å². The lowest BCUT2D eigenvalue weighted by molar-refractivity contribution is -0.384. The monoisotopic (exact) mass is 511 g/mol. The number of allylic oxidation sites excluding steroid dienone is 2. The van der Waals surface area contributed by atoms with E-state index in [9.17, 15) is 37.7 Å². The van der Waals surface area contributed by atoms with Crippen LogP contribution < -0.4 is 4.90 Å². The Morgan fingerprint density at radius 2 is 1.59 bits per heavy atom. The third-order valence-electron chi connectivity index (χ3n) is 8.09. The molecule has 6 unspecified atom stereocenters. The summed E-state index contributed by atoms with van der Waals surface area (Å²) in [5.74, 6) is -2.05. The molecule has 0 spiro atoms. The molecule has 2 bridgehead atoms. The number of hydrogen-bond acceptors (Lipinski definition) is 5. The minimum Gasteiger partial charge on any atom is -0.290 e. The number of nitrogens with zero attached hydrogens (tertiary/aromatic N) is 3. The molecule has 7 rings (SSSR count). The second-order valence-electron chi connectivity index (χ2n) is 9.99. The van der Waals surface area contributed by atoms with Gasteiger partial charge in [0.25, 0.3) is 11.6 Å². The lowest BCUT2D eigenvalue weighted by atomic mass is 9.63. The van der Waals surface area contributed by atoms with E-state index in [4.69, 9.17) is 0 Å². The Morgan fingerprint density at radius 3 is 2.14 bits per heavy atom. The zero-order valence-corrected chi connectivity index (χ0v) is 19.2. The van der Waals surface area contributed by atoms with Gasteiger partial charge in [-0.1, -0.05) is 18.2 Å². The van der Waals surface area contributed by atoms with E-state index in [1.165, 1.54) is 18.2 Å². The molecule has 2 aromatic rings. The van der Waals surface area contributed by atoms with E-state index in [0.717, 1.165) is 46.6 Å². The molecule has 1 heterocycles. The lowest BCUT2D eigenvalue weighted by Gasteiger charge is -2.37. The molecule has 0 radical (unpaired) electrons. The topological polar surface area (TPSA) is 101 Å². The number of hydrogen-bond donors (Lipinski definition) is 0. The number of nitro benzene ring substituents is 1. The first-order valence-electron chi connectivity index (χ1n) is 11.8. The van der Waals surface area contributed by atoms with E-state index in [1.54, 1.807) is 0 Å². The molecule has 6 atom stereocenters. The Morgan fingerprint density at radius 1 is 1.00 bits per heavy atom. The second kappa shape index (κ2) is 7.99. The number of non-ortho nitro benzene ring substituents is 1. The van der Waals surface area contributed by atoms with Gasteiger partial charge in [-0.25, -0.2) is 0 Å².